The maximum absolute atomic E-state index is 11.8. The fourth-order valence-corrected chi connectivity index (χ4v) is 2.91. The Hall–Kier alpha value is -3.19. The van der Waals surface area contributed by atoms with Gasteiger partial charge in [-0.05, 0) is 24.1 Å². The van der Waals surface area contributed by atoms with Crippen LogP contribution in [0.1, 0.15) is 16.7 Å². The maximum atomic E-state index is 11.8. The van der Waals surface area contributed by atoms with E-state index < -0.39 is 6.09 Å². The number of carbonyl (C=O) groups excluding carboxylic acids is 1. The second-order valence-corrected chi connectivity index (χ2v) is 6.41. The Balaban J connectivity index is 1.38. The number of hydrogen-bond donors (Lipinski definition) is 2. The van der Waals surface area contributed by atoms with Crippen molar-refractivity contribution in [2.24, 2.45) is 4.99 Å². The smallest absolute Gasteiger partial charge is 0.413 e. The van der Waals surface area contributed by atoms with Crippen LogP contribution < -0.4 is 5.32 Å². The molecule has 2 N–H and O–H groups in total. The molecular weight excluding hydrogens is 358 g/mol. The van der Waals surface area contributed by atoms with Gasteiger partial charge in [-0.25, -0.2) is 4.79 Å². The minimum atomic E-state index is -0.983. The first-order chi connectivity index (χ1) is 13.6. The van der Waals surface area contributed by atoms with Crippen LogP contribution in [0.2, 0.25) is 0 Å². The molecule has 0 fully saturated rings. The lowest BCUT2D eigenvalue weighted by Crippen LogP contribution is -2.33. The largest absolute Gasteiger partial charge is 0.465 e. The van der Waals surface area contributed by atoms with Gasteiger partial charge in [0, 0.05) is 5.56 Å². The lowest BCUT2D eigenvalue weighted by molar-refractivity contribution is -0.143. The molecule has 1 heterocycles. The minimum absolute atomic E-state index is 0.162. The molecule has 0 atom stereocenters. The van der Waals surface area contributed by atoms with Crippen LogP contribution in [0.25, 0.3) is 0 Å². The predicted octanol–water partition coefficient (Wildman–Crippen LogP) is 2.30. The molecule has 146 valence electrons. The zero-order valence-corrected chi connectivity index (χ0v) is 15.5. The monoisotopic (exact) mass is 381 g/mol. The summed E-state index contributed by atoms with van der Waals surface area (Å²) < 4.78 is 5.22. The Kier molecular flexibility index (Phi) is 6.75. The third-order valence-electron chi connectivity index (χ3n) is 4.39. The van der Waals surface area contributed by atoms with Crippen LogP contribution in [0, 0.1) is 0 Å². The SMILES string of the molecule is O=C(CNCCc1ccc(C2=NCCN2C(=O)O)cc1)OCc1ccccc1. The van der Waals surface area contributed by atoms with Gasteiger partial charge in [-0.1, -0.05) is 54.6 Å². The van der Waals surface area contributed by atoms with Crippen LogP contribution in [0.3, 0.4) is 0 Å². The third-order valence-corrected chi connectivity index (χ3v) is 4.39. The number of nitrogens with one attached hydrogen (secondary N) is 1. The van der Waals surface area contributed by atoms with Crippen molar-refractivity contribution in [2.45, 2.75) is 13.0 Å². The number of amidine groups is 1. The van der Waals surface area contributed by atoms with E-state index in [1.54, 1.807) is 0 Å². The van der Waals surface area contributed by atoms with Gasteiger partial charge < -0.3 is 15.2 Å². The minimum Gasteiger partial charge on any atom is -0.465 e. The molecule has 1 aliphatic rings. The van der Waals surface area contributed by atoms with Crippen molar-refractivity contribution < 1.29 is 19.4 Å². The lowest BCUT2D eigenvalue weighted by atomic mass is 10.1. The molecule has 0 saturated carbocycles. The van der Waals surface area contributed by atoms with Gasteiger partial charge in [0.25, 0.3) is 0 Å². The summed E-state index contributed by atoms with van der Waals surface area (Å²) in [4.78, 5) is 28.5. The van der Waals surface area contributed by atoms with E-state index in [4.69, 9.17) is 4.74 Å². The van der Waals surface area contributed by atoms with Gasteiger partial charge in [-0.2, -0.15) is 0 Å². The van der Waals surface area contributed by atoms with Gasteiger partial charge >= 0.3 is 12.1 Å². The second kappa shape index (κ2) is 9.66. The number of ether oxygens (including phenoxy) is 1. The molecule has 0 aromatic heterocycles. The third kappa shape index (κ3) is 5.40. The van der Waals surface area contributed by atoms with E-state index in [0.717, 1.165) is 23.1 Å². The Morgan fingerprint density at radius 1 is 1.07 bits per heavy atom. The van der Waals surface area contributed by atoms with Crippen LogP contribution in [-0.4, -0.2) is 54.1 Å². The van der Waals surface area contributed by atoms with Crippen LogP contribution >= 0.6 is 0 Å². The molecule has 1 aliphatic heterocycles. The van der Waals surface area contributed by atoms with Crippen molar-refractivity contribution >= 4 is 17.9 Å². The number of benzene rings is 2. The summed E-state index contributed by atoms with van der Waals surface area (Å²) in [7, 11) is 0. The van der Waals surface area contributed by atoms with Crippen molar-refractivity contribution in [1.82, 2.24) is 10.2 Å². The number of hydrogen-bond acceptors (Lipinski definition) is 5. The van der Waals surface area contributed by atoms with E-state index in [1.165, 1.54) is 4.90 Å². The summed E-state index contributed by atoms with van der Waals surface area (Å²) in [5, 5.41) is 12.3. The van der Waals surface area contributed by atoms with Crippen LogP contribution in [0.15, 0.2) is 59.6 Å². The zero-order chi connectivity index (χ0) is 19.8. The van der Waals surface area contributed by atoms with Crippen LogP contribution in [-0.2, 0) is 22.6 Å². The summed E-state index contributed by atoms with van der Waals surface area (Å²) in [6, 6.07) is 17.2. The highest BCUT2D eigenvalue weighted by Gasteiger charge is 2.23. The predicted molar refractivity (Wildman–Crippen MR) is 105 cm³/mol. The van der Waals surface area contributed by atoms with Gasteiger partial charge in [0.1, 0.15) is 12.4 Å². The van der Waals surface area contributed by atoms with Crippen LogP contribution in [0.4, 0.5) is 4.79 Å². The average molecular weight is 381 g/mol. The first kappa shape index (κ1) is 19.6. The van der Waals surface area contributed by atoms with E-state index in [9.17, 15) is 14.7 Å². The summed E-state index contributed by atoms with van der Waals surface area (Å²) in [5.41, 5.74) is 2.85. The Labute approximate surface area is 163 Å². The molecular formula is C21H23N3O4. The molecule has 0 spiro atoms. The molecule has 28 heavy (non-hydrogen) atoms. The van der Waals surface area contributed by atoms with E-state index in [0.29, 0.717) is 25.5 Å². The summed E-state index contributed by atoms with van der Waals surface area (Å²) in [6.45, 7) is 1.97. The summed E-state index contributed by atoms with van der Waals surface area (Å²) in [5.74, 6) is 0.213. The fraction of sp³-hybridized carbons (Fsp3) is 0.286. The number of esters is 1. The molecule has 3 rings (SSSR count). The Morgan fingerprint density at radius 2 is 1.82 bits per heavy atom. The molecule has 2 aromatic carbocycles. The molecule has 2 aromatic rings. The van der Waals surface area contributed by atoms with Crippen molar-refractivity contribution in [2.75, 3.05) is 26.2 Å². The van der Waals surface area contributed by atoms with E-state index in [2.05, 4.69) is 10.3 Å². The molecule has 7 heteroatoms. The number of carboxylic acid groups (broad SMARTS) is 1. The van der Waals surface area contributed by atoms with E-state index >= 15 is 0 Å². The van der Waals surface area contributed by atoms with Gasteiger partial charge in [0.2, 0.25) is 0 Å². The van der Waals surface area contributed by atoms with Crippen molar-refractivity contribution in [3.8, 4) is 0 Å². The van der Waals surface area contributed by atoms with Gasteiger partial charge in [-0.15, -0.1) is 0 Å². The molecule has 0 saturated heterocycles. The highest BCUT2D eigenvalue weighted by Crippen LogP contribution is 2.13. The van der Waals surface area contributed by atoms with Crippen LogP contribution in [0.5, 0.6) is 0 Å². The van der Waals surface area contributed by atoms with E-state index in [1.807, 2.05) is 54.6 Å². The van der Waals surface area contributed by atoms with Gasteiger partial charge in [0.15, 0.2) is 0 Å². The van der Waals surface area contributed by atoms with Gasteiger partial charge in [-0.3, -0.25) is 14.7 Å². The average Bonchev–Trinajstić information content (AvgIpc) is 3.21. The highest BCUT2D eigenvalue weighted by atomic mass is 16.5. The molecule has 7 nitrogen and oxygen atoms in total. The molecule has 0 aliphatic carbocycles. The fourth-order valence-electron chi connectivity index (χ4n) is 2.91. The second-order valence-electron chi connectivity index (χ2n) is 6.41. The van der Waals surface area contributed by atoms with Crippen molar-refractivity contribution in [3.05, 3.63) is 71.3 Å². The number of nitrogens with zero attached hydrogens (tertiary/aromatic N) is 2. The number of carbonyl (C=O) groups is 2. The molecule has 0 radical (unpaired) electrons. The number of aliphatic imine (C=N–C) groups is 1. The van der Waals surface area contributed by atoms with E-state index in [-0.39, 0.29) is 19.1 Å². The molecule has 1 amide bonds. The molecule has 0 bridgehead atoms. The standard InChI is InChI=1S/C21H23N3O4/c25-19(28-15-17-4-2-1-3-5-17)14-22-11-10-16-6-8-18(9-7-16)20-23-12-13-24(20)21(26)27/h1-9,22H,10-15H2,(H,26,27). The normalized spacial score (nSPS) is 13.3. The van der Waals surface area contributed by atoms with Gasteiger partial charge in [0.05, 0.1) is 19.6 Å². The van der Waals surface area contributed by atoms with Crippen molar-refractivity contribution in [3.63, 3.8) is 0 Å². The zero-order valence-electron chi connectivity index (χ0n) is 15.5. The first-order valence-electron chi connectivity index (χ1n) is 9.18. The lowest BCUT2D eigenvalue weighted by Gasteiger charge is -2.14. The number of rotatable bonds is 8. The summed E-state index contributed by atoms with van der Waals surface area (Å²) >= 11 is 0. The number of amides is 1. The topological polar surface area (TPSA) is 91.2 Å². The van der Waals surface area contributed by atoms with Crippen molar-refractivity contribution in [1.29, 1.82) is 0 Å². The Bertz CT molecular complexity index is 834. The highest BCUT2D eigenvalue weighted by molar-refractivity contribution is 6.07. The maximum Gasteiger partial charge on any atom is 0.413 e. The Morgan fingerprint density at radius 3 is 2.54 bits per heavy atom. The molecule has 0 unspecified atom stereocenters. The quantitative estimate of drug-likeness (QED) is 0.541. The first-order valence-corrected chi connectivity index (χ1v) is 9.18. The summed E-state index contributed by atoms with van der Waals surface area (Å²) in [6.07, 6.45) is -0.231.